The molecule has 1 aromatic rings. The highest BCUT2D eigenvalue weighted by atomic mass is 16.2. The Hall–Kier alpha value is -2.10. The molecule has 0 aliphatic carbocycles. The second-order valence-electron chi connectivity index (χ2n) is 2.81. The smallest absolute Gasteiger partial charge is 0.277 e. The number of nitrogens with two attached hydrogens (primary N) is 1. The third-order valence-corrected chi connectivity index (χ3v) is 1.96. The summed E-state index contributed by atoms with van der Waals surface area (Å²) in [5, 5.41) is 3.56. The van der Waals surface area contributed by atoms with E-state index >= 15 is 0 Å². The zero-order valence-corrected chi connectivity index (χ0v) is 7.15. The summed E-state index contributed by atoms with van der Waals surface area (Å²) in [7, 11) is 0. The Balaban J connectivity index is 2.62. The zero-order chi connectivity index (χ0) is 10.1. The summed E-state index contributed by atoms with van der Waals surface area (Å²) < 4.78 is 0. The van der Waals surface area contributed by atoms with Gasteiger partial charge < -0.3 is 5.73 Å². The van der Waals surface area contributed by atoms with Gasteiger partial charge in [0.2, 0.25) is 0 Å². The predicted molar refractivity (Wildman–Crippen MR) is 48.9 cm³/mol. The van der Waals surface area contributed by atoms with Crippen molar-refractivity contribution < 1.29 is 9.59 Å². The number of primary amides is 1. The minimum absolute atomic E-state index is 0.247. The van der Waals surface area contributed by atoms with E-state index in [0.717, 1.165) is 0 Å². The molecule has 0 fully saturated rings. The SMILES string of the molecule is NC(=O)C1=C[N]C(=O)c2cc[c]cc21. The molecule has 2 amide bonds. The van der Waals surface area contributed by atoms with Crippen LogP contribution in [0.2, 0.25) is 0 Å². The molecule has 2 radical (unpaired) electrons. The van der Waals surface area contributed by atoms with E-state index in [2.05, 4.69) is 11.4 Å². The van der Waals surface area contributed by atoms with Crippen LogP contribution in [0.3, 0.4) is 0 Å². The van der Waals surface area contributed by atoms with Crippen LogP contribution < -0.4 is 11.1 Å². The molecule has 0 aromatic heterocycles. The van der Waals surface area contributed by atoms with E-state index in [4.69, 9.17) is 5.73 Å². The first-order valence-corrected chi connectivity index (χ1v) is 3.96. The van der Waals surface area contributed by atoms with E-state index in [0.29, 0.717) is 11.1 Å². The molecule has 2 N–H and O–H groups in total. The van der Waals surface area contributed by atoms with Gasteiger partial charge in [-0.2, -0.15) is 0 Å². The van der Waals surface area contributed by atoms with Crippen molar-refractivity contribution in [2.24, 2.45) is 5.73 Å². The van der Waals surface area contributed by atoms with Crippen molar-refractivity contribution in [1.82, 2.24) is 5.32 Å². The van der Waals surface area contributed by atoms with Crippen LogP contribution in [0.4, 0.5) is 0 Å². The highest BCUT2D eigenvalue weighted by Crippen LogP contribution is 2.22. The van der Waals surface area contributed by atoms with Gasteiger partial charge in [0.25, 0.3) is 11.8 Å². The minimum Gasteiger partial charge on any atom is -0.366 e. The van der Waals surface area contributed by atoms with Gasteiger partial charge >= 0.3 is 0 Å². The van der Waals surface area contributed by atoms with Crippen molar-refractivity contribution in [2.75, 3.05) is 0 Å². The third kappa shape index (κ3) is 1.17. The average Bonchev–Trinajstić information content (AvgIpc) is 2.18. The van der Waals surface area contributed by atoms with Gasteiger partial charge in [0.15, 0.2) is 0 Å². The summed E-state index contributed by atoms with van der Waals surface area (Å²) in [4.78, 5) is 22.3. The molecule has 0 spiro atoms. The number of rotatable bonds is 1. The summed E-state index contributed by atoms with van der Waals surface area (Å²) >= 11 is 0. The van der Waals surface area contributed by atoms with E-state index in [1.54, 1.807) is 18.2 Å². The number of benzene rings is 1. The third-order valence-electron chi connectivity index (χ3n) is 1.96. The Labute approximate surface area is 80.4 Å². The van der Waals surface area contributed by atoms with Crippen LogP contribution in [0.1, 0.15) is 15.9 Å². The molecular weight excluding hydrogens is 180 g/mol. The van der Waals surface area contributed by atoms with E-state index in [9.17, 15) is 9.59 Å². The highest BCUT2D eigenvalue weighted by molar-refractivity contribution is 6.23. The summed E-state index contributed by atoms with van der Waals surface area (Å²) in [5.41, 5.74) is 6.27. The number of nitrogens with zero attached hydrogens (tertiary/aromatic N) is 1. The summed E-state index contributed by atoms with van der Waals surface area (Å²) in [6, 6.07) is 7.50. The maximum Gasteiger partial charge on any atom is 0.277 e. The van der Waals surface area contributed by atoms with Crippen LogP contribution in [0.5, 0.6) is 0 Å². The van der Waals surface area contributed by atoms with Crippen molar-refractivity contribution in [2.45, 2.75) is 0 Å². The van der Waals surface area contributed by atoms with Gasteiger partial charge in [0.05, 0.1) is 5.57 Å². The summed E-state index contributed by atoms with van der Waals surface area (Å²) in [6.07, 6.45) is 1.20. The molecule has 1 aliphatic rings. The van der Waals surface area contributed by atoms with E-state index < -0.39 is 5.91 Å². The van der Waals surface area contributed by atoms with Gasteiger partial charge in [-0.25, -0.2) is 5.32 Å². The summed E-state index contributed by atoms with van der Waals surface area (Å²) in [5.74, 6) is -0.957. The Kier molecular flexibility index (Phi) is 1.81. The van der Waals surface area contributed by atoms with Crippen LogP contribution in [-0.4, -0.2) is 11.8 Å². The molecule has 4 heteroatoms. The number of amides is 2. The first kappa shape index (κ1) is 8.50. The lowest BCUT2D eigenvalue weighted by molar-refractivity contribution is -0.112. The largest absolute Gasteiger partial charge is 0.366 e. The number of carbonyl (C=O) groups is 2. The number of carbonyl (C=O) groups excluding carboxylic acids is 2. The molecular formula is C10H6N2O2. The predicted octanol–water partition coefficient (Wildman–Crippen LogP) is 0.0712. The molecule has 1 heterocycles. The molecule has 0 unspecified atom stereocenters. The average molecular weight is 186 g/mol. The molecule has 0 saturated carbocycles. The molecule has 0 bridgehead atoms. The van der Waals surface area contributed by atoms with Gasteiger partial charge in [0, 0.05) is 17.3 Å². The maximum absolute atomic E-state index is 11.3. The molecule has 1 aliphatic heterocycles. The van der Waals surface area contributed by atoms with Crippen molar-refractivity contribution in [1.29, 1.82) is 0 Å². The molecule has 0 saturated heterocycles. The van der Waals surface area contributed by atoms with Gasteiger partial charge in [-0.3, -0.25) is 9.59 Å². The topological polar surface area (TPSA) is 74.3 Å². The molecule has 1 aromatic carbocycles. The fraction of sp³-hybridized carbons (Fsp3) is 0. The van der Waals surface area contributed by atoms with Gasteiger partial charge in [-0.15, -0.1) is 0 Å². The van der Waals surface area contributed by atoms with Crippen molar-refractivity contribution in [3.63, 3.8) is 0 Å². The van der Waals surface area contributed by atoms with Gasteiger partial charge in [-0.05, 0) is 18.2 Å². The lowest BCUT2D eigenvalue weighted by atomic mass is 9.97. The fourth-order valence-electron chi connectivity index (χ4n) is 1.30. The van der Waals surface area contributed by atoms with Gasteiger partial charge in [-0.1, -0.05) is 6.07 Å². The Morgan fingerprint density at radius 1 is 1.43 bits per heavy atom. The monoisotopic (exact) mass is 186 g/mol. The van der Waals surface area contributed by atoms with Crippen molar-refractivity contribution in [3.05, 3.63) is 41.6 Å². The van der Waals surface area contributed by atoms with Crippen LogP contribution >= 0.6 is 0 Å². The van der Waals surface area contributed by atoms with Crippen LogP contribution in [0.25, 0.3) is 5.57 Å². The van der Waals surface area contributed by atoms with E-state index in [1.165, 1.54) is 6.20 Å². The van der Waals surface area contributed by atoms with Crippen LogP contribution in [0, 0.1) is 6.07 Å². The van der Waals surface area contributed by atoms with Crippen molar-refractivity contribution >= 4 is 17.4 Å². The Bertz CT molecular complexity index is 449. The highest BCUT2D eigenvalue weighted by Gasteiger charge is 2.22. The van der Waals surface area contributed by atoms with Crippen LogP contribution in [0.15, 0.2) is 24.4 Å². The molecule has 0 atom stereocenters. The first-order valence-electron chi connectivity index (χ1n) is 3.96. The minimum atomic E-state index is -0.595. The number of hydrogen-bond acceptors (Lipinski definition) is 2. The normalized spacial score (nSPS) is 14.0. The Morgan fingerprint density at radius 3 is 2.93 bits per heavy atom. The standard InChI is InChI=1S/C10H6N2O2/c11-9(13)8-5-12-10(14)7-4-2-1-3-6(7)8/h2-5H,(H2,11,13). The summed E-state index contributed by atoms with van der Waals surface area (Å²) in [6.45, 7) is 0. The first-order chi connectivity index (χ1) is 6.70. The quantitative estimate of drug-likeness (QED) is 0.674. The molecule has 4 nitrogen and oxygen atoms in total. The fourth-order valence-corrected chi connectivity index (χ4v) is 1.30. The number of fused-ring (bicyclic) bond motifs is 1. The maximum atomic E-state index is 11.3. The number of hydrogen-bond donors (Lipinski definition) is 1. The second-order valence-corrected chi connectivity index (χ2v) is 2.81. The van der Waals surface area contributed by atoms with Crippen LogP contribution in [-0.2, 0) is 4.79 Å². The van der Waals surface area contributed by atoms with Gasteiger partial charge in [0.1, 0.15) is 0 Å². The molecule has 2 rings (SSSR count). The van der Waals surface area contributed by atoms with E-state index in [-0.39, 0.29) is 11.5 Å². The Morgan fingerprint density at radius 2 is 2.21 bits per heavy atom. The molecule has 14 heavy (non-hydrogen) atoms. The molecule has 68 valence electrons. The lowest BCUT2D eigenvalue weighted by Gasteiger charge is -2.12. The second kappa shape index (κ2) is 2.99. The van der Waals surface area contributed by atoms with Crippen molar-refractivity contribution in [3.8, 4) is 0 Å². The zero-order valence-electron chi connectivity index (χ0n) is 7.15. The lowest BCUT2D eigenvalue weighted by Crippen LogP contribution is -2.23. The van der Waals surface area contributed by atoms with E-state index in [1.807, 2.05) is 0 Å².